The molecule has 0 aliphatic heterocycles. The number of imidazole rings is 1. The van der Waals surface area contributed by atoms with Gasteiger partial charge in [-0.2, -0.15) is 5.10 Å². The molecule has 0 saturated carbocycles. The van der Waals surface area contributed by atoms with Crippen molar-refractivity contribution in [1.82, 2.24) is 24.6 Å². The van der Waals surface area contributed by atoms with E-state index in [1.807, 2.05) is 6.07 Å². The highest BCUT2D eigenvalue weighted by Gasteiger charge is 2.11. The number of rotatable bonds is 5. The van der Waals surface area contributed by atoms with E-state index in [4.69, 9.17) is 0 Å². The largest absolute Gasteiger partial charge is 0.382 e. The summed E-state index contributed by atoms with van der Waals surface area (Å²) in [6.45, 7) is 0.539. The minimum absolute atomic E-state index is 0.235. The van der Waals surface area contributed by atoms with Crippen LogP contribution in [0.5, 0.6) is 0 Å². The highest BCUT2D eigenvalue weighted by molar-refractivity contribution is 5.73. The lowest BCUT2D eigenvalue weighted by molar-refractivity contribution is 0.625. The first-order valence-electron chi connectivity index (χ1n) is 8.25. The van der Waals surface area contributed by atoms with Crippen molar-refractivity contribution in [3.05, 3.63) is 81.1 Å². The van der Waals surface area contributed by atoms with Crippen LogP contribution in [0.15, 0.2) is 58.5 Å². The Morgan fingerprint density at radius 3 is 2.93 bits per heavy atom. The van der Waals surface area contributed by atoms with Crippen molar-refractivity contribution in [2.45, 2.75) is 6.42 Å². The minimum atomic E-state index is -0.582. The number of aromatic nitrogens is 5. The van der Waals surface area contributed by atoms with Crippen LogP contribution in [0.25, 0.3) is 16.9 Å². The Hall–Kier alpha value is -3.75. The fraction of sp³-hybridized carbons (Fsp3) is 0.111. The van der Waals surface area contributed by atoms with E-state index >= 15 is 0 Å². The van der Waals surface area contributed by atoms with Crippen LogP contribution >= 0.6 is 0 Å². The number of fused-ring (bicyclic) bond motifs is 1. The predicted molar refractivity (Wildman–Crippen MR) is 98.3 cm³/mol. The molecule has 0 aliphatic carbocycles. The van der Waals surface area contributed by atoms with Crippen LogP contribution in [0.3, 0.4) is 0 Å². The summed E-state index contributed by atoms with van der Waals surface area (Å²) in [4.78, 5) is 32.2. The Morgan fingerprint density at radius 2 is 2.11 bits per heavy atom. The molecular weight excluding hydrogens is 351 g/mol. The summed E-state index contributed by atoms with van der Waals surface area (Å²) in [6, 6.07) is 8.11. The van der Waals surface area contributed by atoms with E-state index in [1.165, 1.54) is 18.3 Å². The van der Waals surface area contributed by atoms with E-state index in [2.05, 4.69) is 25.4 Å². The maximum atomic E-state index is 13.3. The van der Waals surface area contributed by atoms with Crippen LogP contribution in [-0.4, -0.2) is 31.1 Å². The molecule has 3 aromatic heterocycles. The van der Waals surface area contributed by atoms with Crippen LogP contribution in [0, 0.1) is 5.82 Å². The molecule has 0 atom stereocenters. The van der Waals surface area contributed by atoms with E-state index in [0.717, 1.165) is 5.56 Å². The number of halogens is 1. The normalized spacial score (nSPS) is 11.0. The Morgan fingerprint density at radius 1 is 1.22 bits per heavy atom. The molecule has 0 radical (unpaired) electrons. The molecular formula is C18H15FN6O2. The van der Waals surface area contributed by atoms with Gasteiger partial charge >= 0.3 is 5.69 Å². The van der Waals surface area contributed by atoms with Gasteiger partial charge in [-0.05, 0) is 30.2 Å². The molecule has 0 unspecified atom stereocenters. The third kappa shape index (κ3) is 3.47. The van der Waals surface area contributed by atoms with Crippen LogP contribution in [-0.2, 0) is 6.42 Å². The molecule has 0 bridgehead atoms. The molecule has 3 N–H and O–H groups in total. The molecule has 9 heteroatoms. The van der Waals surface area contributed by atoms with Crippen LogP contribution in [0.2, 0.25) is 0 Å². The zero-order valence-electron chi connectivity index (χ0n) is 14.1. The SMILES string of the molecule is O=c1[nH]cc(-c2cc(NCCc3cccc(F)c3)c3nccn3n2)c(=O)[nH]1. The number of nitrogens with zero attached hydrogens (tertiary/aromatic N) is 3. The molecule has 0 amide bonds. The second kappa shape index (κ2) is 6.87. The molecule has 8 nitrogen and oxygen atoms in total. The zero-order valence-corrected chi connectivity index (χ0v) is 14.1. The number of hydrogen-bond acceptors (Lipinski definition) is 5. The highest BCUT2D eigenvalue weighted by Crippen LogP contribution is 2.20. The van der Waals surface area contributed by atoms with E-state index < -0.39 is 11.2 Å². The van der Waals surface area contributed by atoms with Crippen molar-refractivity contribution in [3.63, 3.8) is 0 Å². The average Bonchev–Trinajstić information content (AvgIpc) is 3.10. The van der Waals surface area contributed by atoms with E-state index in [1.54, 1.807) is 29.0 Å². The van der Waals surface area contributed by atoms with Crippen molar-refractivity contribution < 1.29 is 4.39 Å². The summed E-state index contributed by atoms with van der Waals surface area (Å²) in [7, 11) is 0. The van der Waals surface area contributed by atoms with Crippen molar-refractivity contribution in [2.24, 2.45) is 0 Å². The third-order valence-corrected chi connectivity index (χ3v) is 4.07. The van der Waals surface area contributed by atoms with Crippen LogP contribution in [0.1, 0.15) is 5.56 Å². The first-order chi connectivity index (χ1) is 13.1. The average molecular weight is 366 g/mol. The molecule has 27 heavy (non-hydrogen) atoms. The standard InChI is InChI=1S/C18H15FN6O2/c19-12-3-1-2-11(8-12)4-5-20-15-9-14(24-25-7-6-21-16(15)25)13-10-22-18(27)23-17(13)26/h1-3,6-10,20H,4-5H2,(H2,22,23,26,27). The van der Waals surface area contributed by atoms with Gasteiger partial charge in [0.2, 0.25) is 0 Å². The Labute approximate surface area is 151 Å². The molecule has 3 heterocycles. The van der Waals surface area contributed by atoms with E-state index in [0.29, 0.717) is 30.0 Å². The molecule has 1 aromatic carbocycles. The molecule has 0 spiro atoms. The Balaban J connectivity index is 1.64. The smallest absolute Gasteiger partial charge is 0.325 e. The van der Waals surface area contributed by atoms with Crippen LogP contribution in [0.4, 0.5) is 10.1 Å². The van der Waals surface area contributed by atoms with Gasteiger partial charge in [-0.1, -0.05) is 12.1 Å². The second-order valence-electron chi connectivity index (χ2n) is 5.93. The van der Waals surface area contributed by atoms with Gasteiger partial charge in [-0.15, -0.1) is 0 Å². The van der Waals surface area contributed by atoms with Gasteiger partial charge in [0.25, 0.3) is 5.56 Å². The lowest BCUT2D eigenvalue weighted by atomic mass is 10.1. The zero-order chi connectivity index (χ0) is 18.8. The maximum Gasteiger partial charge on any atom is 0.325 e. The number of benzene rings is 1. The quantitative estimate of drug-likeness (QED) is 0.497. The van der Waals surface area contributed by atoms with Crippen molar-refractivity contribution in [1.29, 1.82) is 0 Å². The van der Waals surface area contributed by atoms with E-state index in [-0.39, 0.29) is 11.4 Å². The highest BCUT2D eigenvalue weighted by atomic mass is 19.1. The number of nitrogens with one attached hydrogen (secondary N) is 3. The van der Waals surface area contributed by atoms with Gasteiger partial charge < -0.3 is 10.3 Å². The van der Waals surface area contributed by atoms with Gasteiger partial charge in [0.05, 0.1) is 11.3 Å². The summed E-state index contributed by atoms with van der Waals surface area (Å²) in [5.74, 6) is -0.272. The van der Waals surface area contributed by atoms with Crippen molar-refractivity contribution in [3.8, 4) is 11.3 Å². The fourth-order valence-corrected chi connectivity index (χ4v) is 2.81. The second-order valence-corrected chi connectivity index (χ2v) is 5.93. The lowest BCUT2D eigenvalue weighted by Crippen LogP contribution is -2.23. The predicted octanol–water partition coefficient (Wildman–Crippen LogP) is 1.57. The summed E-state index contributed by atoms with van der Waals surface area (Å²) in [5.41, 5.74) is 1.64. The summed E-state index contributed by atoms with van der Waals surface area (Å²) in [5, 5.41) is 7.61. The Kier molecular flexibility index (Phi) is 4.25. The van der Waals surface area contributed by atoms with Gasteiger partial charge in [0.15, 0.2) is 5.65 Å². The van der Waals surface area contributed by atoms with Crippen LogP contribution < -0.4 is 16.6 Å². The van der Waals surface area contributed by atoms with Gasteiger partial charge in [-0.25, -0.2) is 18.7 Å². The number of H-pyrrole nitrogens is 2. The molecule has 4 rings (SSSR count). The molecule has 4 aromatic rings. The summed E-state index contributed by atoms with van der Waals surface area (Å²) < 4.78 is 14.8. The third-order valence-electron chi connectivity index (χ3n) is 4.07. The van der Waals surface area contributed by atoms with Crippen molar-refractivity contribution >= 4 is 11.3 Å². The minimum Gasteiger partial charge on any atom is -0.382 e. The first-order valence-corrected chi connectivity index (χ1v) is 8.25. The lowest BCUT2D eigenvalue weighted by Gasteiger charge is -2.10. The molecule has 0 saturated heterocycles. The molecule has 136 valence electrons. The number of anilines is 1. The van der Waals surface area contributed by atoms with Gasteiger partial charge in [0, 0.05) is 25.1 Å². The van der Waals surface area contributed by atoms with Crippen molar-refractivity contribution in [2.75, 3.05) is 11.9 Å². The first kappa shape index (κ1) is 16.7. The molecule has 0 aliphatic rings. The summed E-state index contributed by atoms with van der Waals surface area (Å²) in [6.07, 6.45) is 5.20. The number of aromatic amines is 2. The maximum absolute atomic E-state index is 13.3. The molecule has 0 fully saturated rings. The van der Waals surface area contributed by atoms with Gasteiger partial charge in [-0.3, -0.25) is 9.78 Å². The van der Waals surface area contributed by atoms with Gasteiger partial charge in [0.1, 0.15) is 11.5 Å². The fourth-order valence-electron chi connectivity index (χ4n) is 2.81. The monoisotopic (exact) mass is 366 g/mol. The Bertz CT molecular complexity index is 1230. The van der Waals surface area contributed by atoms with E-state index in [9.17, 15) is 14.0 Å². The topological polar surface area (TPSA) is 108 Å². The summed E-state index contributed by atoms with van der Waals surface area (Å²) >= 11 is 0. The number of hydrogen-bond donors (Lipinski definition) is 3.